The van der Waals surface area contributed by atoms with Crippen LogP contribution in [0.3, 0.4) is 0 Å². The maximum Gasteiger partial charge on any atom is 0.238 e. The molecule has 2 fully saturated rings. The number of nitrogens with one attached hydrogen (secondary N) is 3. The Morgan fingerprint density at radius 1 is 1.16 bits per heavy atom. The molecule has 1 saturated carbocycles. The number of amides is 2. The second-order valence-electron chi connectivity index (χ2n) is 12.2. The first-order valence-corrected chi connectivity index (χ1v) is 14.0. The van der Waals surface area contributed by atoms with Crippen LogP contribution in [0.15, 0.2) is 36.4 Å². The average Bonchev–Trinajstić information content (AvgIpc) is 3.30. The van der Waals surface area contributed by atoms with Crippen LogP contribution in [0.1, 0.15) is 69.9 Å². The van der Waals surface area contributed by atoms with Gasteiger partial charge in [0.25, 0.3) is 0 Å². The predicted molar refractivity (Wildman–Crippen MR) is 149 cm³/mol. The molecule has 2 aromatic carbocycles. The van der Waals surface area contributed by atoms with Crippen LogP contribution in [-0.4, -0.2) is 36.0 Å². The van der Waals surface area contributed by atoms with Crippen molar-refractivity contribution in [2.45, 2.75) is 88.4 Å². The molecule has 0 bridgehead atoms. The van der Waals surface area contributed by atoms with E-state index in [1.165, 1.54) is 12.1 Å². The van der Waals surface area contributed by atoms with Gasteiger partial charge in [-0.25, -0.2) is 4.39 Å². The Labute approximate surface area is 233 Å². The van der Waals surface area contributed by atoms with Crippen LogP contribution in [0.2, 0.25) is 10.0 Å². The Morgan fingerprint density at radius 3 is 2.53 bits per heavy atom. The summed E-state index contributed by atoms with van der Waals surface area (Å²) in [6.07, 6.45) is 3.90. The van der Waals surface area contributed by atoms with E-state index in [1.54, 1.807) is 12.1 Å². The molecule has 1 spiro atoms. The number of fused-ring (bicyclic) bond motifs is 2. The highest BCUT2D eigenvalue weighted by Gasteiger charge is 2.66. The largest absolute Gasteiger partial charge is 0.352 e. The summed E-state index contributed by atoms with van der Waals surface area (Å²) in [5.74, 6) is -1.70. The number of halogens is 3. The van der Waals surface area contributed by atoms with Crippen LogP contribution < -0.4 is 21.7 Å². The standard InChI is InChI=1S/C29H35Cl2FN4O2/c1-28(2,3)14-23-29(19-12-21(32)20(31)13-22(19)35-27(29)38)24(15-5-4-6-16(30)11-15)25(36-23)26(37)34-18-9-7-17(33)8-10-18/h4-6,11-13,17-18,23-25,36H,7-10,14,33H2,1-3H3,(H,34,37)(H,35,38)/t17-,18+,23-,24+,25-,29+/m1/s1. The minimum Gasteiger partial charge on any atom is -0.352 e. The first-order valence-electron chi connectivity index (χ1n) is 13.3. The van der Waals surface area contributed by atoms with Crippen molar-refractivity contribution in [1.82, 2.24) is 10.6 Å². The molecule has 2 aromatic rings. The van der Waals surface area contributed by atoms with E-state index in [0.717, 1.165) is 31.2 Å². The summed E-state index contributed by atoms with van der Waals surface area (Å²) >= 11 is 12.5. The molecule has 5 rings (SSSR count). The molecule has 1 saturated heterocycles. The molecule has 38 heavy (non-hydrogen) atoms. The first-order chi connectivity index (χ1) is 17.9. The third-order valence-corrected chi connectivity index (χ3v) is 8.83. The van der Waals surface area contributed by atoms with E-state index in [9.17, 15) is 14.0 Å². The molecule has 0 aromatic heterocycles. The van der Waals surface area contributed by atoms with Crippen LogP contribution in [0, 0.1) is 11.2 Å². The molecule has 0 radical (unpaired) electrons. The van der Waals surface area contributed by atoms with Gasteiger partial charge in [0.05, 0.1) is 11.1 Å². The number of carbonyl (C=O) groups excluding carboxylic acids is 2. The number of anilines is 1. The molecule has 6 nitrogen and oxygen atoms in total. The summed E-state index contributed by atoms with van der Waals surface area (Å²) in [5.41, 5.74) is 6.35. The lowest BCUT2D eigenvalue weighted by Crippen LogP contribution is -2.50. The normalized spacial score (nSPS) is 30.8. The van der Waals surface area contributed by atoms with Gasteiger partial charge in [-0.2, -0.15) is 0 Å². The van der Waals surface area contributed by atoms with Gasteiger partial charge in [-0.15, -0.1) is 0 Å². The van der Waals surface area contributed by atoms with Crippen molar-refractivity contribution in [2.75, 3.05) is 5.32 Å². The molecule has 9 heteroatoms. The Kier molecular flexibility index (Phi) is 7.27. The number of carbonyl (C=O) groups is 2. The van der Waals surface area contributed by atoms with E-state index in [0.29, 0.717) is 22.7 Å². The Hall–Kier alpha value is -2.19. The highest BCUT2D eigenvalue weighted by atomic mass is 35.5. The number of hydrogen-bond acceptors (Lipinski definition) is 4. The number of rotatable bonds is 4. The molecule has 5 N–H and O–H groups in total. The summed E-state index contributed by atoms with van der Waals surface area (Å²) in [7, 11) is 0. The summed E-state index contributed by atoms with van der Waals surface area (Å²) in [6, 6.07) is 9.05. The van der Waals surface area contributed by atoms with E-state index < -0.39 is 29.2 Å². The van der Waals surface area contributed by atoms with Gasteiger partial charge in [0.15, 0.2) is 0 Å². The van der Waals surface area contributed by atoms with Crippen LogP contribution in [0.5, 0.6) is 0 Å². The van der Waals surface area contributed by atoms with E-state index in [2.05, 4.69) is 36.7 Å². The van der Waals surface area contributed by atoms with E-state index in [-0.39, 0.29) is 34.3 Å². The minimum absolute atomic E-state index is 0.0164. The van der Waals surface area contributed by atoms with Gasteiger partial charge in [-0.05, 0) is 72.9 Å². The summed E-state index contributed by atoms with van der Waals surface area (Å²) in [4.78, 5) is 28.1. The van der Waals surface area contributed by atoms with Crippen LogP contribution in [0.25, 0.3) is 0 Å². The number of hydrogen-bond donors (Lipinski definition) is 4. The quantitative estimate of drug-likeness (QED) is 0.409. The fraction of sp³-hybridized carbons (Fsp3) is 0.517. The summed E-state index contributed by atoms with van der Waals surface area (Å²) in [5, 5.41) is 10.2. The monoisotopic (exact) mass is 560 g/mol. The molecule has 4 atom stereocenters. The molecule has 2 aliphatic heterocycles. The van der Waals surface area contributed by atoms with Gasteiger partial charge in [0, 0.05) is 34.8 Å². The van der Waals surface area contributed by atoms with Crippen LogP contribution in [-0.2, 0) is 15.0 Å². The fourth-order valence-corrected chi connectivity index (χ4v) is 7.05. The molecular weight excluding hydrogens is 526 g/mol. The molecule has 2 amide bonds. The van der Waals surface area contributed by atoms with Crippen molar-refractivity contribution in [3.8, 4) is 0 Å². The first kappa shape index (κ1) is 27.4. The lowest BCUT2D eigenvalue weighted by atomic mass is 9.62. The Balaban J connectivity index is 1.66. The van der Waals surface area contributed by atoms with Gasteiger partial charge < -0.3 is 21.7 Å². The summed E-state index contributed by atoms with van der Waals surface area (Å²) < 4.78 is 15.0. The summed E-state index contributed by atoms with van der Waals surface area (Å²) in [6.45, 7) is 6.27. The van der Waals surface area contributed by atoms with Gasteiger partial charge in [0.2, 0.25) is 11.8 Å². The van der Waals surface area contributed by atoms with Crippen LogP contribution in [0.4, 0.5) is 10.1 Å². The van der Waals surface area contributed by atoms with Gasteiger partial charge in [-0.3, -0.25) is 9.59 Å². The highest BCUT2D eigenvalue weighted by molar-refractivity contribution is 6.31. The van der Waals surface area contributed by atoms with Gasteiger partial charge >= 0.3 is 0 Å². The number of benzene rings is 2. The molecule has 1 aliphatic carbocycles. The molecule has 3 aliphatic rings. The maximum atomic E-state index is 15.0. The zero-order chi connectivity index (χ0) is 27.4. The molecule has 204 valence electrons. The predicted octanol–water partition coefficient (Wildman–Crippen LogP) is 5.27. The lowest BCUT2D eigenvalue weighted by Gasteiger charge is -2.37. The van der Waals surface area contributed by atoms with E-state index >= 15 is 0 Å². The van der Waals surface area contributed by atoms with Crippen molar-refractivity contribution in [3.63, 3.8) is 0 Å². The third kappa shape index (κ3) is 4.83. The van der Waals surface area contributed by atoms with E-state index in [1.807, 2.05) is 12.1 Å². The number of nitrogens with two attached hydrogens (primary N) is 1. The van der Waals surface area contributed by atoms with Crippen molar-refractivity contribution < 1.29 is 14.0 Å². The second kappa shape index (κ2) is 10.1. The van der Waals surface area contributed by atoms with Crippen molar-refractivity contribution >= 4 is 40.7 Å². The van der Waals surface area contributed by atoms with Crippen LogP contribution >= 0.6 is 23.2 Å². The fourth-order valence-electron chi connectivity index (χ4n) is 6.69. The van der Waals surface area contributed by atoms with Crippen molar-refractivity contribution in [1.29, 1.82) is 0 Å². The zero-order valence-electron chi connectivity index (χ0n) is 21.9. The van der Waals surface area contributed by atoms with Gasteiger partial charge in [0.1, 0.15) is 11.2 Å². The Morgan fingerprint density at radius 2 is 1.87 bits per heavy atom. The lowest BCUT2D eigenvalue weighted by molar-refractivity contribution is -0.124. The molecule has 2 heterocycles. The van der Waals surface area contributed by atoms with Crippen molar-refractivity contribution in [2.24, 2.45) is 11.1 Å². The van der Waals surface area contributed by atoms with E-state index in [4.69, 9.17) is 28.9 Å². The average molecular weight is 562 g/mol. The maximum absolute atomic E-state index is 15.0. The second-order valence-corrected chi connectivity index (χ2v) is 13.1. The zero-order valence-corrected chi connectivity index (χ0v) is 23.4. The minimum atomic E-state index is -1.25. The Bertz CT molecular complexity index is 1260. The molecule has 0 unspecified atom stereocenters. The smallest absolute Gasteiger partial charge is 0.238 e. The SMILES string of the molecule is CC(C)(C)C[C@H]1N[C@@H](C(=O)N[C@H]2CC[C@@H](N)CC2)[C@H](c2cccc(Cl)c2)[C@@]12C(=O)Nc1cc(Cl)c(F)cc12. The molecular formula is C29H35Cl2FN4O2. The highest BCUT2D eigenvalue weighted by Crippen LogP contribution is 2.57. The third-order valence-electron chi connectivity index (χ3n) is 8.31. The van der Waals surface area contributed by atoms with Gasteiger partial charge in [-0.1, -0.05) is 56.1 Å². The topological polar surface area (TPSA) is 96.2 Å². The van der Waals surface area contributed by atoms with Crippen molar-refractivity contribution in [3.05, 3.63) is 63.4 Å².